The van der Waals surface area contributed by atoms with Gasteiger partial charge in [-0.3, -0.25) is 0 Å². The second-order valence-electron chi connectivity index (χ2n) is 2.57. The molecule has 0 saturated carbocycles. The maximum absolute atomic E-state index is 13.2. The fourth-order valence-electron chi connectivity index (χ4n) is 0.917. The lowest BCUT2D eigenvalue weighted by atomic mass is 10.1. The molecule has 1 rings (SSSR count). The summed E-state index contributed by atoms with van der Waals surface area (Å²) in [7, 11) is 0. The quantitative estimate of drug-likeness (QED) is 0.587. The lowest BCUT2D eigenvalue weighted by molar-refractivity contribution is -0.113. The van der Waals surface area contributed by atoms with Crippen molar-refractivity contribution >= 4 is 18.9 Å². The SMILES string of the molecule is O=CC(S)C(F)(F)c1ccccc1. The average molecular weight is 202 g/mol. The lowest BCUT2D eigenvalue weighted by Crippen LogP contribution is -2.27. The first-order valence-corrected chi connectivity index (χ1v) is 4.17. The lowest BCUT2D eigenvalue weighted by Gasteiger charge is -2.18. The van der Waals surface area contributed by atoms with Crippen LogP contribution in [0.2, 0.25) is 0 Å². The van der Waals surface area contributed by atoms with Crippen molar-refractivity contribution in [1.29, 1.82) is 0 Å². The molecule has 0 aliphatic heterocycles. The highest BCUT2D eigenvalue weighted by Gasteiger charge is 2.38. The van der Waals surface area contributed by atoms with Crippen molar-refractivity contribution in [2.75, 3.05) is 0 Å². The van der Waals surface area contributed by atoms with Crippen LogP contribution in [0.4, 0.5) is 8.78 Å². The van der Waals surface area contributed by atoms with Crippen molar-refractivity contribution < 1.29 is 13.6 Å². The Morgan fingerprint density at radius 1 is 1.31 bits per heavy atom. The van der Waals surface area contributed by atoms with Crippen LogP contribution in [0.3, 0.4) is 0 Å². The van der Waals surface area contributed by atoms with E-state index in [-0.39, 0.29) is 11.8 Å². The summed E-state index contributed by atoms with van der Waals surface area (Å²) in [6.07, 6.45) is 0.135. The Labute approximate surface area is 80.2 Å². The number of carbonyl (C=O) groups excluding carboxylic acids is 1. The van der Waals surface area contributed by atoms with Crippen LogP contribution in [0.25, 0.3) is 0 Å². The van der Waals surface area contributed by atoms with Crippen LogP contribution in [0.15, 0.2) is 30.3 Å². The zero-order chi connectivity index (χ0) is 9.90. The molecule has 1 aromatic carbocycles. The van der Waals surface area contributed by atoms with Gasteiger partial charge in [0.25, 0.3) is 5.92 Å². The number of hydrogen-bond acceptors (Lipinski definition) is 2. The molecular weight excluding hydrogens is 194 g/mol. The van der Waals surface area contributed by atoms with Gasteiger partial charge in [0.2, 0.25) is 0 Å². The second kappa shape index (κ2) is 3.87. The highest BCUT2D eigenvalue weighted by molar-refractivity contribution is 7.81. The van der Waals surface area contributed by atoms with Crippen LogP contribution in [-0.2, 0) is 10.7 Å². The largest absolute Gasteiger partial charge is 0.302 e. The summed E-state index contributed by atoms with van der Waals surface area (Å²) in [6.45, 7) is 0. The smallest absolute Gasteiger partial charge is 0.291 e. The minimum Gasteiger partial charge on any atom is -0.302 e. The number of alkyl halides is 2. The van der Waals surface area contributed by atoms with Gasteiger partial charge in [0.1, 0.15) is 11.5 Å². The predicted molar refractivity (Wildman–Crippen MR) is 49.2 cm³/mol. The number of halogens is 2. The number of hydrogen-bond donors (Lipinski definition) is 1. The molecule has 1 aromatic rings. The highest BCUT2D eigenvalue weighted by Crippen LogP contribution is 2.33. The molecule has 13 heavy (non-hydrogen) atoms. The summed E-state index contributed by atoms with van der Waals surface area (Å²) >= 11 is 3.50. The van der Waals surface area contributed by atoms with E-state index in [4.69, 9.17) is 0 Å². The Morgan fingerprint density at radius 2 is 1.85 bits per heavy atom. The van der Waals surface area contributed by atoms with E-state index in [9.17, 15) is 13.6 Å². The van der Waals surface area contributed by atoms with E-state index in [0.717, 1.165) is 0 Å². The van der Waals surface area contributed by atoms with Gasteiger partial charge in [0.15, 0.2) is 0 Å². The highest BCUT2D eigenvalue weighted by atomic mass is 32.1. The molecule has 0 aromatic heterocycles. The molecule has 70 valence electrons. The number of carbonyl (C=O) groups is 1. The number of benzene rings is 1. The topological polar surface area (TPSA) is 17.1 Å². The number of thiol groups is 1. The molecule has 0 spiro atoms. The van der Waals surface area contributed by atoms with Gasteiger partial charge in [0, 0.05) is 5.56 Å². The van der Waals surface area contributed by atoms with Gasteiger partial charge in [-0.25, -0.2) is 0 Å². The van der Waals surface area contributed by atoms with Crippen LogP contribution in [0.1, 0.15) is 5.56 Å². The normalized spacial score (nSPS) is 13.8. The van der Waals surface area contributed by atoms with E-state index in [1.807, 2.05) is 0 Å². The van der Waals surface area contributed by atoms with E-state index in [0.29, 0.717) is 0 Å². The molecular formula is C9H8F2OS. The summed E-state index contributed by atoms with van der Waals surface area (Å²) in [4.78, 5) is 10.2. The van der Waals surface area contributed by atoms with Crippen LogP contribution >= 0.6 is 12.6 Å². The molecule has 0 aliphatic carbocycles. The molecule has 4 heteroatoms. The standard InChI is InChI=1S/C9H8F2OS/c10-9(11,8(13)6-12)7-4-2-1-3-5-7/h1-6,8,13H. The van der Waals surface area contributed by atoms with Gasteiger partial charge in [-0.05, 0) is 0 Å². The minimum absolute atomic E-state index is 0.135. The molecule has 1 atom stereocenters. The number of aldehydes is 1. The Kier molecular flexibility index (Phi) is 3.03. The molecule has 0 N–H and O–H groups in total. The second-order valence-corrected chi connectivity index (χ2v) is 3.13. The Balaban J connectivity index is 3.00. The van der Waals surface area contributed by atoms with Crippen LogP contribution in [0, 0.1) is 0 Å². The van der Waals surface area contributed by atoms with Gasteiger partial charge in [-0.2, -0.15) is 21.4 Å². The van der Waals surface area contributed by atoms with Gasteiger partial charge in [-0.15, -0.1) is 0 Å². The predicted octanol–water partition coefficient (Wildman–Crippen LogP) is 2.28. The molecule has 0 amide bonds. The van der Waals surface area contributed by atoms with Crippen molar-refractivity contribution in [2.24, 2.45) is 0 Å². The van der Waals surface area contributed by atoms with Gasteiger partial charge in [-0.1, -0.05) is 30.3 Å². The fourth-order valence-corrected chi connectivity index (χ4v) is 1.07. The maximum atomic E-state index is 13.2. The molecule has 1 nitrogen and oxygen atoms in total. The first kappa shape index (κ1) is 10.2. The summed E-state index contributed by atoms with van der Waals surface area (Å²) in [5, 5.41) is -1.59. The summed E-state index contributed by atoms with van der Waals surface area (Å²) in [5.74, 6) is -3.20. The zero-order valence-electron chi connectivity index (χ0n) is 6.65. The molecule has 0 heterocycles. The first-order chi connectivity index (χ1) is 6.09. The Morgan fingerprint density at radius 3 is 2.31 bits per heavy atom. The molecule has 1 unspecified atom stereocenters. The van der Waals surface area contributed by atoms with E-state index in [2.05, 4.69) is 12.6 Å². The third kappa shape index (κ3) is 2.06. The minimum atomic E-state index is -3.20. The van der Waals surface area contributed by atoms with E-state index >= 15 is 0 Å². The van der Waals surface area contributed by atoms with Gasteiger partial charge in [0.05, 0.1) is 0 Å². The van der Waals surface area contributed by atoms with E-state index < -0.39 is 11.2 Å². The van der Waals surface area contributed by atoms with Crippen LogP contribution < -0.4 is 0 Å². The van der Waals surface area contributed by atoms with E-state index in [1.165, 1.54) is 24.3 Å². The summed E-state index contributed by atoms with van der Waals surface area (Å²) < 4.78 is 26.5. The van der Waals surface area contributed by atoms with Crippen LogP contribution in [0.5, 0.6) is 0 Å². The third-order valence-electron chi connectivity index (χ3n) is 1.66. The molecule has 0 aliphatic rings. The maximum Gasteiger partial charge on any atom is 0.291 e. The number of rotatable bonds is 3. The summed E-state index contributed by atoms with van der Waals surface area (Å²) in [6, 6.07) is 7.16. The van der Waals surface area contributed by atoms with Crippen molar-refractivity contribution in [2.45, 2.75) is 11.2 Å². The molecule has 0 saturated heterocycles. The molecule has 0 radical (unpaired) electrons. The van der Waals surface area contributed by atoms with Gasteiger partial charge < -0.3 is 4.79 Å². The van der Waals surface area contributed by atoms with Crippen LogP contribution in [-0.4, -0.2) is 11.5 Å². The van der Waals surface area contributed by atoms with Crippen molar-refractivity contribution in [1.82, 2.24) is 0 Å². The van der Waals surface area contributed by atoms with Crippen molar-refractivity contribution in [3.05, 3.63) is 35.9 Å². The molecule has 0 fully saturated rings. The monoisotopic (exact) mass is 202 g/mol. The summed E-state index contributed by atoms with van der Waals surface area (Å²) in [5.41, 5.74) is -0.192. The Hall–Kier alpha value is -0.900. The zero-order valence-corrected chi connectivity index (χ0v) is 7.55. The van der Waals surface area contributed by atoms with Crippen molar-refractivity contribution in [3.8, 4) is 0 Å². The third-order valence-corrected chi connectivity index (χ3v) is 2.11. The van der Waals surface area contributed by atoms with E-state index in [1.54, 1.807) is 6.07 Å². The average Bonchev–Trinajstić information content (AvgIpc) is 2.18. The first-order valence-electron chi connectivity index (χ1n) is 3.65. The Bertz CT molecular complexity index is 287. The molecule has 0 bridgehead atoms. The van der Waals surface area contributed by atoms with Gasteiger partial charge >= 0.3 is 0 Å². The fraction of sp³-hybridized carbons (Fsp3) is 0.222. The van der Waals surface area contributed by atoms with Crippen molar-refractivity contribution in [3.63, 3.8) is 0 Å².